The first-order valence-corrected chi connectivity index (χ1v) is 9.04. The standard InChI is InChI=1S/C16H15ClN4O2S/c17-15-4-6-16(7-5-15)24(22,23)20-9-13-2-1-3-14(8-13)10-21-12-18-11-19-21/h1-8,11-12,20H,9-10H2. The highest BCUT2D eigenvalue weighted by molar-refractivity contribution is 7.89. The topological polar surface area (TPSA) is 76.9 Å². The molecule has 0 atom stereocenters. The van der Waals surface area contributed by atoms with Gasteiger partial charge in [0.25, 0.3) is 0 Å². The van der Waals surface area contributed by atoms with Gasteiger partial charge in [-0.3, -0.25) is 0 Å². The third-order valence-electron chi connectivity index (χ3n) is 3.39. The van der Waals surface area contributed by atoms with Crippen molar-refractivity contribution in [3.8, 4) is 0 Å². The summed E-state index contributed by atoms with van der Waals surface area (Å²) in [7, 11) is -3.57. The molecule has 0 bridgehead atoms. The lowest BCUT2D eigenvalue weighted by molar-refractivity contribution is 0.581. The minimum atomic E-state index is -3.57. The number of nitrogens with zero attached hydrogens (tertiary/aromatic N) is 3. The summed E-state index contributed by atoms with van der Waals surface area (Å²) in [4.78, 5) is 4.09. The summed E-state index contributed by atoms with van der Waals surface area (Å²) in [5, 5.41) is 4.55. The van der Waals surface area contributed by atoms with Crippen LogP contribution in [-0.4, -0.2) is 23.2 Å². The molecule has 8 heteroatoms. The first kappa shape index (κ1) is 16.6. The van der Waals surface area contributed by atoms with Gasteiger partial charge in [0, 0.05) is 11.6 Å². The maximum Gasteiger partial charge on any atom is 0.240 e. The predicted octanol–water partition coefficient (Wildman–Crippen LogP) is 2.46. The van der Waals surface area contributed by atoms with Gasteiger partial charge in [-0.1, -0.05) is 35.9 Å². The molecule has 0 aliphatic rings. The summed E-state index contributed by atoms with van der Waals surface area (Å²) >= 11 is 5.78. The van der Waals surface area contributed by atoms with Crippen molar-refractivity contribution in [2.75, 3.05) is 0 Å². The van der Waals surface area contributed by atoms with Crippen LogP contribution in [0.2, 0.25) is 5.02 Å². The molecule has 1 heterocycles. The summed E-state index contributed by atoms with van der Waals surface area (Å²) < 4.78 is 28.9. The first-order chi connectivity index (χ1) is 11.5. The lowest BCUT2D eigenvalue weighted by atomic mass is 10.1. The van der Waals surface area contributed by atoms with E-state index in [2.05, 4.69) is 14.8 Å². The van der Waals surface area contributed by atoms with E-state index in [4.69, 9.17) is 11.6 Å². The van der Waals surface area contributed by atoms with Crippen LogP contribution in [0.4, 0.5) is 0 Å². The molecule has 24 heavy (non-hydrogen) atoms. The van der Waals surface area contributed by atoms with Crippen LogP contribution in [0.5, 0.6) is 0 Å². The fraction of sp³-hybridized carbons (Fsp3) is 0.125. The van der Waals surface area contributed by atoms with Crippen LogP contribution >= 0.6 is 11.6 Å². The fourth-order valence-corrected chi connectivity index (χ4v) is 3.36. The highest BCUT2D eigenvalue weighted by Crippen LogP contribution is 2.14. The minimum Gasteiger partial charge on any atom is -0.249 e. The first-order valence-electron chi connectivity index (χ1n) is 7.18. The zero-order chi connectivity index (χ0) is 17.0. The van der Waals surface area contributed by atoms with Gasteiger partial charge < -0.3 is 0 Å². The number of hydrogen-bond acceptors (Lipinski definition) is 4. The van der Waals surface area contributed by atoms with Gasteiger partial charge in [0.2, 0.25) is 10.0 Å². The molecule has 0 saturated heterocycles. The van der Waals surface area contributed by atoms with Crippen LogP contribution in [-0.2, 0) is 23.1 Å². The monoisotopic (exact) mass is 362 g/mol. The Morgan fingerprint density at radius 1 is 1.08 bits per heavy atom. The van der Waals surface area contributed by atoms with E-state index in [0.717, 1.165) is 11.1 Å². The zero-order valence-electron chi connectivity index (χ0n) is 12.6. The van der Waals surface area contributed by atoms with Crippen molar-refractivity contribution in [3.63, 3.8) is 0 Å². The summed E-state index contributed by atoms with van der Waals surface area (Å²) in [6.45, 7) is 0.786. The van der Waals surface area contributed by atoms with Gasteiger partial charge in [0.05, 0.1) is 11.4 Å². The van der Waals surface area contributed by atoms with E-state index in [1.54, 1.807) is 23.1 Å². The maximum atomic E-state index is 12.3. The largest absolute Gasteiger partial charge is 0.249 e. The molecule has 124 valence electrons. The van der Waals surface area contributed by atoms with Crippen molar-refractivity contribution in [1.82, 2.24) is 19.5 Å². The molecule has 0 aliphatic carbocycles. The average molecular weight is 363 g/mol. The summed E-state index contributed by atoms with van der Waals surface area (Å²) in [5.41, 5.74) is 1.88. The SMILES string of the molecule is O=S(=O)(NCc1cccc(Cn2cncn2)c1)c1ccc(Cl)cc1. The van der Waals surface area contributed by atoms with E-state index >= 15 is 0 Å². The maximum absolute atomic E-state index is 12.3. The highest BCUT2D eigenvalue weighted by Gasteiger charge is 2.13. The van der Waals surface area contributed by atoms with Crippen molar-refractivity contribution >= 4 is 21.6 Å². The highest BCUT2D eigenvalue weighted by atomic mass is 35.5. The molecule has 3 rings (SSSR count). The molecular formula is C16H15ClN4O2S. The number of sulfonamides is 1. The lowest BCUT2D eigenvalue weighted by Crippen LogP contribution is -2.23. The lowest BCUT2D eigenvalue weighted by Gasteiger charge is -2.08. The second-order valence-corrected chi connectivity index (χ2v) is 7.39. The van der Waals surface area contributed by atoms with Crippen molar-refractivity contribution in [3.05, 3.63) is 77.3 Å². The summed E-state index contributed by atoms with van der Waals surface area (Å²) in [6, 6.07) is 13.7. The Morgan fingerprint density at radius 3 is 2.54 bits per heavy atom. The Morgan fingerprint density at radius 2 is 1.83 bits per heavy atom. The van der Waals surface area contributed by atoms with E-state index in [0.29, 0.717) is 11.6 Å². The van der Waals surface area contributed by atoms with Gasteiger partial charge in [-0.15, -0.1) is 0 Å². The third-order valence-corrected chi connectivity index (χ3v) is 5.06. The van der Waals surface area contributed by atoms with Crippen molar-refractivity contribution < 1.29 is 8.42 Å². The zero-order valence-corrected chi connectivity index (χ0v) is 14.2. The van der Waals surface area contributed by atoms with Gasteiger partial charge in [-0.05, 0) is 35.4 Å². The Kier molecular flexibility index (Phi) is 4.94. The van der Waals surface area contributed by atoms with Crippen molar-refractivity contribution in [2.24, 2.45) is 0 Å². The number of rotatable bonds is 6. The van der Waals surface area contributed by atoms with E-state index in [1.165, 1.54) is 18.5 Å². The minimum absolute atomic E-state index is 0.186. The van der Waals surface area contributed by atoms with Gasteiger partial charge in [0.15, 0.2) is 0 Å². The number of hydrogen-bond donors (Lipinski definition) is 1. The molecule has 0 radical (unpaired) electrons. The van der Waals surface area contributed by atoms with E-state index in [-0.39, 0.29) is 11.4 Å². The number of aromatic nitrogens is 3. The van der Waals surface area contributed by atoms with Crippen molar-refractivity contribution in [1.29, 1.82) is 0 Å². The van der Waals surface area contributed by atoms with Crippen LogP contribution < -0.4 is 4.72 Å². The van der Waals surface area contributed by atoms with Gasteiger partial charge in [-0.25, -0.2) is 22.8 Å². The second-order valence-electron chi connectivity index (χ2n) is 5.19. The molecule has 0 aliphatic heterocycles. The Balaban J connectivity index is 1.69. The molecule has 0 spiro atoms. The molecule has 2 aromatic carbocycles. The number of benzene rings is 2. The normalized spacial score (nSPS) is 11.5. The van der Waals surface area contributed by atoms with Crippen LogP contribution in [0, 0.1) is 0 Å². The van der Waals surface area contributed by atoms with Gasteiger partial charge in [-0.2, -0.15) is 5.10 Å². The molecule has 1 N–H and O–H groups in total. The second kappa shape index (κ2) is 7.12. The van der Waals surface area contributed by atoms with E-state index in [1.807, 2.05) is 24.3 Å². The Bertz CT molecular complexity index is 910. The third kappa shape index (κ3) is 4.19. The number of halogens is 1. The molecule has 0 saturated carbocycles. The Hall–Kier alpha value is -2.22. The average Bonchev–Trinajstić information content (AvgIpc) is 3.07. The van der Waals surface area contributed by atoms with Crippen LogP contribution in [0.15, 0.2) is 66.1 Å². The molecule has 1 aromatic heterocycles. The van der Waals surface area contributed by atoms with Crippen molar-refractivity contribution in [2.45, 2.75) is 18.0 Å². The molecule has 6 nitrogen and oxygen atoms in total. The van der Waals surface area contributed by atoms with Crippen LogP contribution in [0.3, 0.4) is 0 Å². The smallest absolute Gasteiger partial charge is 0.240 e. The Labute approximate surface area is 145 Å². The molecule has 0 fully saturated rings. The predicted molar refractivity (Wildman–Crippen MR) is 91.0 cm³/mol. The molecule has 0 amide bonds. The summed E-state index contributed by atoms with van der Waals surface area (Å²) in [5.74, 6) is 0. The molecular weight excluding hydrogens is 348 g/mol. The summed E-state index contributed by atoms with van der Waals surface area (Å²) in [6.07, 6.45) is 3.11. The van der Waals surface area contributed by atoms with E-state index in [9.17, 15) is 8.42 Å². The number of nitrogens with one attached hydrogen (secondary N) is 1. The quantitative estimate of drug-likeness (QED) is 0.730. The van der Waals surface area contributed by atoms with Crippen LogP contribution in [0.25, 0.3) is 0 Å². The van der Waals surface area contributed by atoms with Gasteiger partial charge in [0.1, 0.15) is 12.7 Å². The molecule has 3 aromatic rings. The van der Waals surface area contributed by atoms with E-state index < -0.39 is 10.0 Å². The molecule has 0 unspecified atom stereocenters. The van der Waals surface area contributed by atoms with Crippen LogP contribution in [0.1, 0.15) is 11.1 Å². The fourth-order valence-electron chi connectivity index (χ4n) is 2.21. The van der Waals surface area contributed by atoms with Gasteiger partial charge >= 0.3 is 0 Å².